The molecule has 1 aromatic carbocycles. The average molecular weight is 278 g/mol. The summed E-state index contributed by atoms with van der Waals surface area (Å²) in [5, 5.41) is 0. The van der Waals surface area contributed by atoms with Crippen LogP contribution >= 0.6 is 12.2 Å². The Morgan fingerprint density at radius 3 is 2.53 bits per heavy atom. The molecule has 2 N–H and O–H groups in total. The first-order chi connectivity index (χ1) is 9.13. The van der Waals surface area contributed by atoms with Gasteiger partial charge in [0, 0.05) is 12.5 Å². The Hall–Kier alpha value is -0.930. The molecule has 0 radical (unpaired) electrons. The van der Waals surface area contributed by atoms with E-state index in [1.54, 1.807) is 0 Å². The minimum Gasteiger partial charge on any atom is -0.393 e. The molecule has 19 heavy (non-hydrogen) atoms. The molecule has 0 amide bonds. The molecule has 1 unspecified atom stereocenters. The molecule has 0 saturated heterocycles. The van der Waals surface area contributed by atoms with Gasteiger partial charge in [-0.25, -0.2) is 0 Å². The second-order valence-electron chi connectivity index (χ2n) is 5.14. The van der Waals surface area contributed by atoms with Crippen LogP contribution in [0.5, 0.6) is 0 Å². The van der Waals surface area contributed by atoms with Crippen LogP contribution in [-0.4, -0.2) is 29.5 Å². The van der Waals surface area contributed by atoms with Gasteiger partial charge in [-0.1, -0.05) is 56.4 Å². The maximum absolute atomic E-state index is 5.67. The third kappa shape index (κ3) is 6.69. The van der Waals surface area contributed by atoms with Crippen molar-refractivity contribution in [1.82, 2.24) is 4.90 Å². The molecule has 3 heteroatoms. The Morgan fingerprint density at radius 2 is 1.95 bits per heavy atom. The van der Waals surface area contributed by atoms with E-state index in [0.29, 0.717) is 10.9 Å². The molecular formula is C16H26N2S. The Kier molecular flexibility index (Phi) is 7.68. The lowest BCUT2D eigenvalue weighted by Gasteiger charge is -2.23. The highest BCUT2D eigenvalue weighted by atomic mass is 32.1. The summed E-state index contributed by atoms with van der Waals surface area (Å²) in [6.07, 6.45) is 3.64. The van der Waals surface area contributed by atoms with Crippen molar-refractivity contribution in [3.8, 4) is 0 Å². The van der Waals surface area contributed by atoms with E-state index in [4.69, 9.17) is 18.0 Å². The lowest BCUT2D eigenvalue weighted by Crippen LogP contribution is -2.34. The molecule has 1 aromatic rings. The maximum Gasteiger partial charge on any atom is 0.0768 e. The topological polar surface area (TPSA) is 29.3 Å². The van der Waals surface area contributed by atoms with Crippen molar-refractivity contribution in [1.29, 1.82) is 0 Å². The summed E-state index contributed by atoms with van der Waals surface area (Å²) in [5.74, 6) is 0.309. The van der Waals surface area contributed by atoms with Gasteiger partial charge < -0.3 is 10.6 Å². The number of nitrogens with two attached hydrogens (primary N) is 1. The van der Waals surface area contributed by atoms with E-state index in [1.807, 2.05) is 0 Å². The fraction of sp³-hybridized carbons (Fsp3) is 0.562. The van der Waals surface area contributed by atoms with Crippen LogP contribution in [0.2, 0.25) is 0 Å². The van der Waals surface area contributed by atoms with Crippen molar-refractivity contribution >= 4 is 17.2 Å². The number of hydrogen-bond acceptors (Lipinski definition) is 2. The summed E-state index contributed by atoms with van der Waals surface area (Å²) >= 11 is 5.03. The molecule has 0 aromatic heterocycles. The van der Waals surface area contributed by atoms with E-state index < -0.39 is 0 Å². The van der Waals surface area contributed by atoms with Gasteiger partial charge in [-0.15, -0.1) is 0 Å². The number of thiocarbonyl (C=S) groups is 1. The fourth-order valence-electron chi connectivity index (χ4n) is 2.16. The van der Waals surface area contributed by atoms with Crippen LogP contribution in [0, 0.1) is 5.92 Å². The predicted octanol–water partition coefficient (Wildman–Crippen LogP) is 3.25. The van der Waals surface area contributed by atoms with E-state index in [-0.39, 0.29) is 0 Å². The summed E-state index contributed by atoms with van der Waals surface area (Å²) in [6, 6.07) is 10.7. The Balaban J connectivity index is 2.21. The second-order valence-corrected chi connectivity index (χ2v) is 5.61. The van der Waals surface area contributed by atoms with Crippen molar-refractivity contribution in [3.63, 3.8) is 0 Å². The molecule has 0 saturated carbocycles. The third-order valence-electron chi connectivity index (χ3n) is 3.50. The summed E-state index contributed by atoms with van der Waals surface area (Å²) < 4.78 is 0. The second kappa shape index (κ2) is 9.05. The van der Waals surface area contributed by atoms with Gasteiger partial charge in [-0.3, -0.25) is 0 Å². The van der Waals surface area contributed by atoms with Gasteiger partial charge in [0.05, 0.1) is 4.99 Å². The van der Waals surface area contributed by atoms with E-state index in [2.05, 4.69) is 49.1 Å². The van der Waals surface area contributed by atoms with Gasteiger partial charge in [-0.05, 0) is 37.9 Å². The maximum atomic E-state index is 5.67. The van der Waals surface area contributed by atoms with E-state index in [1.165, 1.54) is 24.8 Å². The Labute approximate surface area is 123 Å². The summed E-state index contributed by atoms with van der Waals surface area (Å²) in [5.41, 5.74) is 7.11. The number of unbranched alkanes of at least 4 members (excludes halogenated alkanes) is 1. The third-order valence-corrected chi connectivity index (χ3v) is 3.90. The number of hydrogen-bond donors (Lipinski definition) is 1. The standard InChI is InChI=1S/C16H26N2S/c1-3-18(13-14(2)16(17)19)12-8-7-11-15-9-5-4-6-10-15/h4-6,9-10,14H,3,7-8,11-13H2,1-2H3,(H2,17,19). The lowest BCUT2D eigenvalue weighted by molar-refractivity contribution is 0.267. The van der Waals surface area contributed by atoms with Crippen LogP contribution in [0.1, 0.15) is 32.3 Å². The fourth-order valence-corrected chi connectivity index (χ4v) is 2.24. The van der Waals surface area contributed by atoms with Gasteiger partial charge >= 0.3 is 0 Å². The smallest absolute Gasteiger partial charge is 0.0768 e. The largest absolute Gasteiger partial charge is 0.393 e. The molecule has 0 fully saturated rings. The van der Waals surface area contributed by atoms with Crippen LogP contribution in [0.4, 0.5) is 0 Å². The molecule has 106 valence electrons. The van der Waals surface area contributed by atoms with Crippen LogP contribution in [0.15, 0.2) is 30.3 Å². The van der Waals surface area contributed by atoms with Crippen LogP contribution in [0.3, 0.4) is 0 Å². The van der Waals surface area contributed by atoms with Gasteiger partial charge in [0.1, 0.15) is 0 Å². The highest BCUT2D eigenvalue weighted by molar-refractivity contribution is 7.80. The highest BCUT2D eigenvalue weighted by Gasteiger charge is 2.10. The minimum atomic E-state index is 0.309. The van der Waals surface area contributed by atoms with Crippen molar-refractivity contribution in [3.05, 3.63) is 35.9 Å². The SMILES string of the molecule is CCN(CCCCc1ccccc1)CC(C)C(N)=S. The summed E-state index contributed by atoms with van der Waals surface area (Å²) in [4.78, 5) is 3.07. The Morgan fingerprint density at radius 1 is 1.26 bits per heavy atom. The molecule has 1 rings (SSSR count). The summed E-state index contributed by atoms with van der Waals surface area (Å²) in [7, 11) is 0. The molecule has 0 spiro atoms. The van der Waals surface area contributed by atoms with Gasteiger partial charge in [0.2, 0.25) is 0 Å². The molecule has 2 nitrogen and oxygen atoms in total. The highest BCUT2D eigenvalue weighted by Crippen LogP contribution is 2.07. The number of rotatable bonds is 9. The quantitative estimate of drug-likeness (QED) is 0.555. The van der Waals surface area contributed by atoms with Crippen LogP contribution < -0.4 is 5.73 Å². The normalized spacial score (nSPS) is 12.6. The monoisotopic (exact) mass is 278 g/mol. The molecule has 0 heterocycles. The predicted molar refractivity (Wildman–Crippen MR) is 87.4 cm³/mol. The molecule has 0 aliphatic heterocycles. The van der Waals surface area contributed by atoms with Gasteiger partial charge in [0.15, 0.2) is 0 Å². The summed E-state index contributed by atoms with van der Waals surface area (Å²) in [6.45, 7) is 7.49. The van der Waals surface area contributed by atoms with E-state index in [9.17, 15) is 0 Å². The van der Waals surface area contributed by atoms with Crippen LogP contribution in [-0.2, 0) is 6.42 Å². The number of aryl methyl sites for hydroxylation is 1. The molecule has 1 atom stereocenters. The molecule has 0 aliphatic rings. The zero-order valence-electron chi connectivity index (χ0n) is 12.1. The zero-order valence-corrected chi connectivity index (χ0v) is 13.0. The van der Waals surface area contributed by atoms with Crippen molar-refractivity contribution in [2.24, 2.45) is 11.7 Å². The van der Waals surface area contributed by atoms with Crippen LogP contribution in [0.25, 0.3) is 0 Å². The van der Waals surface area contributed by atoms with Gasteiger partial charge in [0.25, 0.3) is 0 Å². The Bertz CT molecular complexity index is 364. The van der Waals surface area contributed by atoms with Gasteiger partial charge in [-0.2, -0.15) is 0 Å². The number of nitrogens with zero attached hydrogens (tertiary/aromatic N) is 1. The van der Waals surface area contributed by atoms with E-state index >= 15 is 0 Å². The first-order valence-electron chi connectivity index (χ1n) is 7.19. The first kappa shape index (κ1) is 16.1. The zero-order chi connectivity index (χ0) is 14.1. The van der Waals surface area contributed by atoms with E-state index in [0.717, 1.165) is 19.6 Å². The first-order valence-corrected chi connectivity index (χ1v) is 7.60. The molecule has 0 bridgehead atoms. The minimum absolute atomic E-state index is 0.309. The molecular weight excluding hydrogens is 252 g/mol. The average Bonchev–Trinajstić information content (AvgIpc) is 2.43. The van der Waals surface area contributed by atoms with Crippen molar-refractivity contribution in [2.75, 3.05) is 19.6 Å². The van der Waals surface area contributed by atoms with Crippen molar-refractivity contribution in [2.45, 2.75) is 33.1 Å². The lowest BCUT2D eigenvalue weighted by atomic mass is 10.1. The molecule has 0 aliphatic carbocycles. The number of benzene rings is 1. The van der Waals surface area contributed by atoms with Crippen molar-refractivity contribution < 1.29 is 0 Å².